The van der Waals surface area contributed by atoms with Gasteiger partial charge in [0.05, 0.1) is 13.2 Å². The molecule has 1 N–H and O–H groups in total. The number of aromatic amines is 1. The minimum Gasteiger partial charge on any atom is -0.497 e. The molecule has 2 aliphatic rings. The second kappa shape index (κ2) is 11.0. The summed E-state index contributed by atoms with van der Waals surface area (Å²) in [5.41, 5.74) is 3.15. The van der Waals surface area contributed by atoms with Crippen molar-refractivity contribution in [2.45, 2.75) is 84.8 Å². The number of fused-ring (bicyclic) bond motifs is 3. The van der Waals surface area contributed by atoms with Crippen LogP contribution >= 0.6 is 0 Å². The Hall–Kier alpha value is -2.70. The van der Waals surface area contributed by atoms with Gasteiger partial charge in [0.1, 0.15) is 11.4 Å². The molecule has 1 saturated carbocycles. The van der Waals surface area contributed by atoms with E-state index in [1.165, 1.54) is 16.6 Å². The lowest BCUT2D eigenvalue weighted by molar-refractivity contribution is -0.140. The molecule has 2 heterocycles. The van der Waals surface area contributed by atoms with Crippen molar-refractivity contribution in [2.24, 2.45) is 17.8 Å². The van der Waals surface area contributed by atoms with E-state index in [0.717, 1.165) is 56.3 Å². The quantitative estimate of drug-likeness (QED) is 0.492. The maximum atomic E-state index is 13.9. The third-order valence-electron chi connectivity index (χ3n) is 7.87. The van der Waals surface area contributed by atoms with Crippen LogP contribution in [-0.2, 0) is 16.0 Å². The lowest BCUT2D eigenvalue weighted by Crippen LogP contribution is -2.45. The molecule has 1 aliphatic carbocycles. The normalized spacial score (nSPS) is 22.2. The number of nitrogens with zero attached hydrogens (tertiary/aromatic N) is 2. The van der Waals surface area contributed by atoms with E-state index in [4.69, 9.17) is 9.47 Å². The van der Waals surface area contributed by atoms with Gasteiger partial charge in [-0.2, -0.15) is 0 Å². The first-order valence-electron chi connectivity index (χ1n) is 13.9. The van der Waals surface area contributed by atoms with Gasteiger partial charge in [0.25, 0.3) is 0 Å². The monoisotopic (exact) mass is 511 g/mol. The SMILES string of the molecule is COc1ccc2[nH]c3c(c2c1)CCN(C(=O)[C@H]1CC[C@H](CN(C)C(=O)OC(C)(C)C)CC1)C3CC(C)C. The zero-order chi connectivity index (χ0) is 26.9. The molecule has 0 saturated heterocycles. The van der Waals surface area contributed by atoms with Crippen LogP contribution in [0.25, 0.3) is 10.9 Å². The molecular weight excluding hydrogens is 466 g/mol. The number of aromatic nitrogens is 1. The average Bonchev–Trinajstić information content (AvgIpc) is 3.21. The summed E-state index contributed by atoms with van der Waals surface area (Å²) in [5, 5.41) is 1.21. The molecule has 4 rings (SSSR count). The van der Waals surface area contributed by atoms with Gasteiger partial charge in [-0.05, 0) is 94.9 Å². The fraction of sp³-hybridized carbons (Fsp3) is 0.667. The number of carbonyl (C=O) groups is 2. The zero-order valence-corrected chi connectivity index (χ0v) is 23.7. The zero-order valence-electron chi connectivity index (χ0n) is 23.7. The largest absolute Gasteiger partial charge is 0.497 e. The van der Waals surface area contributed by atoms with Gasteiger partial charge in [-0.3, -0.25) is 4.79 Å². The molecule has 37 heavy (non-hydrogen) atoms. The lowest BCUT2D eigenvalue weighted by atomic mass is 9.80. The Morgan fingerprint density at radius 1 is 1.16 bits per heavy atom. The van der Waals surface area contributed by atoms with Crippen LogP contribution in [0, 0.1) is 17.8 Å². The Morgan fingerprint density at radius 2 is 1.86 bits per heavy atom. The smallest absolute Gasteiger partial charge is 0.410 e. The Morgan fingerprint density at radius 3 is 2.49 bits per heavy atom. The Kier molecular flexibility index (Phi) is 8.10. The molecule has 2 amide bonds. The molecule has 1 aromatic carbocycles. The highest BCUT2D eigenvalue weighted by Crippen LogP contribution is 2.41. The van der Waals surface area contributed by atoms with Crippen LogP contribution in [-0.4, -0.2) is 59.6 Å². The third kappa shape index (κ3) is 6.24. The fourth-order valence-electron chi connectivity index (χ4n) is 6.06. The molecular formula is C30H45N3O4. The van der Waals surface area contributed by atoms with Crippen molar-refractivity contribution in [3.05, 3.63) is 29.5 Å². The number of rotatable bonds is 6. The van der Waals surface area contributed by atoms with Crippen molar-refractivity contribution >= 4 is 22.9 Å². The molecule has 1 fully saturated rings. The highest BCUT2D eigenvalue weighted by molar-refractivity contribution is 5.87. The molecule has 1 aromatic heterocycles. The van der Waals surface area contributed by atoms with Crippen LogP contribution in [0.15, 0.2) is 18.2 Å². The van der Waals surface area contributed by atoms with Gasteiger partial charge >= 0.3 is 6.09 Å². The average molecular weight is 512 g/mol. The third-order valence-corrected chi connectivity index (χ3v) is 7.87. The van der Waals surface area contributed by atoms with Crippen LogP contribution in [0.5, 0.6) is 5.75 Å². The first kappa shape index (κ1) is 27.3. The van der Waals surface area contributed by atoms with Crippen LogP contribution in [0.1, 0.15) is 84.0 Å². The van der Waals surface area contributed by atoms with E-state index in [9.17, 15) is 9.59 Å². The first-order chi connectivity index (χ1) is 17.5. The number of hydrogen-bond acceptors (Lipinski definition) is 4. The van der Waals surface area contributed by atoms with Crippen LogP contribution < -0.4 is 4.74 Å². The van der Waals surface area contributed by atoms with Gasteiger partial charge in [-0.15, -0.1) is 0 Å². The maximum Gasteiger partial charge on any atom is 0.410 e. The topological polar surface area (TPSA) is 74.9 Å². The number of nitrogens with one attached hydrogen (secondary N) is 1. The molecule has 0 spiro atoms. The summed E-state index contributed by atoms with van der Waals surface area (Å²) in [7, 11) is 3.51. The summed E-state index contributed by atoms with van der Waals surface area (Å²) in [6.45, 7) is 11.6. The van der Waals surface area contributed by atoms with E-state index >= 15 is 0 Å². The Balaban J connectivity index is 1.43. The highest BCUT2D eigenvalue weighted by atomic mass is 16.6. The van der Waals surface area contributed by atoms with Gasteiger partial charge in [-0.25, -0.2) is 4.79 Å². The van der Waals surface area contributed by atoms with Crippen LogP contribution in [0.4, 0.5) is 4.79 Å². The van der Waals surface area contributed by atoms with Crippen molar-refractivity contribution in [2.75, 3.05) is 27.2 Å². The summed E-state index contributed by atoms with van der Waals surface area (Å²) in [5.74, 6) is 2.11. The predicted molar refractivity (Wildman–Crippen MR) is 147 cm³/mol. The van der Waals surface area contributed by atoms with Crippen molar-refractivity contribution in [3.8, 4) is 5.75 Å². The number of methoxy groups -OCH3 is 1. The van der Waals surface area contributed by atoms with E-state index in [0.29, 0.717) is 24.3 Å². The van der Waals surface area contributed by atoms with Crippen molar-refractivity contribution < 1.29 is 19.1 Å². The molecule has 1 aliphatic heterocycles. The Labute approximate surface area is 221 Å². The van der Waals surface area contributed by atoms with Crippen molar-refractivity contribution in [3.63, 3.8) is 0 Å². The van der Waals surface area contributed by atoms with E-state index in [-0.39, 0.29) is 18.1 Å². The van der Waals surface area contributed by atoms with E-state index in [1.54, 1.807) is 12.0 Å². The fourth-order valence-corrected chi connectivity index (χ4v) is 6.06. The summed E-state index contributed by atoms with van der Waals surface area (Å²) >= 11 is 0. The molecule has 0 radical (unpaired) electrons. The molecule has 2 aromatic rings. The minimum absolute atomic E-state index is 0.0590. The second-order valence-corrected chi connectivity index (χ2v) is 12.4. The molecule has 0 bridgehead atoms. The second-order valence-electron chi connectivity index (χ2n) is 12.4. The summed E-state index contributed by atoms with van der Waals surface area (Å²) < 4.78 is 11.0. The van der Waals surface area contributed by atoms with Gasteiger partial charge < -0.3 is 24.3 Å². The van der Waals surface area contributed by atoms with E-state index in [1.807, 2.05) is 33.9 Å². The van der Waals surface area contributed by atoms with Crippen LogP contribution in [0.2, 0.25) is 0 Å². The summed E-state index contributed by atoms with van der Waals surface area (Å²) in [6, 6.07) is 6.26. The van der Waals surface area contributed by atoms with E-state index < -0.39 is 5.60 Å². The van der Waals surface area contributed by atoms with Crippen molar-refractivity contribution in [1.82, 2.24) is 14.8 Å². The standard InChI is InChI=1S/C30H45N3O4/c1-19(2)16-26-27-23(24-17-22(36-7)12-13-25(24)31-27)14-15-33(26)28(34)21-10-8-20(9-11-21)18-32(6)29(35)37-30(3,4)5/h12-13,17,19-21,26,31H,8-11,14-16,18H2,1-7H3/t20-,21-,26?. The number of carbonyl (C=O) groups excluding carboxylic acids is 2. The molecule has 7 nitrogen and oxygen atoms in total. The number of hydrogen-bond donors (Lipinski definition) is 1. The lowest BCUT2D eigenvalue weighted by Gasteiger charge is -2.40. The Bertz CT molecular complexity index is 1110. The maximum absolute atomic E-state index is 13.9. The van der Waals surface area contributed by atoms with E-state index in [2.05, 4.69) is 35.9 Å². The molecule has 1 atom stereocenters. The first-order valence-corrected chi connectivity index (χ1v) is 13.9. The number of H-pyrrole nitrogens is 1. The highest BCUT2D eigenvalue weighted by Gasteiger charge is 2.38. The summed E-state index contributed by atoms with van der Waals surface area (Å²) in [4.78, 5) is 33.8. The minimum atomic E-state index is -0.493. The number of benzene rings is 1. The van der Waals surface area contributed by atoms with Gasteiger partial charge in [0.15, 0.2) is 0 Å². The molecule has 1 unspecified atom stereocenters. The van der Waals surface area contributed by atoms with Gasteiger partial charge in [0, 0.05) is 42.7 Å². The summed E-state index contributed by atoms with van der Waals surface area (Å²) in [6.07, 6.45) is 5.22. The van der Waals surface area contributed by atoms with Gasteiger partial charge in [-0.1, -0.05) is 13.8 Å². The predicted octanol–water partition coefficient (Wildman–Crippen LogP) is 6.32. The number of ether oxygens (including phenoxy) is 2. The van der Waals surface area contributed by atoms with Crippen LogP contribution in [0.3, 0.4) is 0 Å². The van der Waals surface area contributed by atoms with Gasteiger partial charge in [0.2, 0.25) is 5.91 Å². The van der Waals surface area contributed by atoms with Crippen molar-refractivity contribution in [1.29, 1.82) is 0 Å². The molecule has 7 heteroatoms. The molecule has 204 valence electrons. The number of amides is 2.